The van der Waals surface area contributed by atoms with Crippen molar-refractivity contribution < 1.29 is 4.79 Å². The topological polar surface area (TPSA) is 89.2 Å². The molecule has 0 spiro atoms. The number of nitrogens with one attached hydrogen (secondary N) is 1. The number of amides is 1. The number of hydrogen-bond donors (Lipinski definition) is 1. The van der Waals surface area contributed by atoms with Crippen molar-refractivity contribution in [2.24, 2.45) is 20.0 Å². The lowest BCUT2D eigenvalue weighted by molar-refractivity contribution is 0.0948. The number of nitrogens with zero attached hydrogens (tertiary/aromatic N) is 4. The van der Waals surface area contributed by atoms with Gasteiger partial charge in [0.25, 0.3) is 11.5 Å². The van der Waals surface area contributed by atoms with Crippen LogP contribution in [0.4, 0.5) is 0 Å². The number of aryl methyl sites for hydroxylation is 3. The lowest BCUT2D eigenvalue weighted by Gasteiger charge is -2.17. The third kappa shape index (κ3) is 4.23. The molecule has 1 saturated heterocycles. The summed E-state index contributed by atoms with van der Waals surface area (Å²) in [5.41, 5.74) is 2.64. The van der Waals surface area contributed by atoms with Crippen LogP contribution in [0.1, 0.15) is 33.6 Å². The van der Waals surface area contributed by atoms with Gasteiger partial charge in [-0.05, 0) is 44.4 Å². The highest BCUT2D eigenvalue weighted by Gasteiger charge is 2.24. The van der Waals surface area contributed by atoms with E-state index in [4.69, 9.17) is 0 Å². The molecule has 0 radical (unpaired) electrons. The molecule has 1 aliphatic rings. The first-order valence-electron chi connectivity index (χ1n) is 10.9. The number of benzene rings is 1. The second-order valence-corrected chi connectivity index (χ2v) is 8.80. The second kappa shape index (κ2) is 8.70. The average Bonchev–Trinajstić information content (AvgIpc) is 3.22. The zero-order chi connectivity index (χ0) is 23.0. The minimum absolute atomic E-state index is 0.171. The molecule has 8 heteroatoms. The molecule has 32 heavy (non-hydrogen) atoms. The smallest absolute Gasteiger partial charge is 0.332 e. The van der Waals surface area contributed by atoms with E-state index >= 15 is 0 Å². The first-order chi connectivity index (χ1) is 15.2. The summed E-state index contributed by atoms with van der Waals surface area (Å²) in [4.78, 5) is 44.8. The quantitative estimate of drug-likeness (QED) is 0.656. The van der Waals surface area contributed by atoms with Gasteiger partial charge in [0.1, 0.15) is 5.65 Å². The number of pyridine rings is 1. The second-order valence-electron chi connectivity index (χ2n) is 8.80. The zero-order valence-electron chi connectivity index (χ0n) is 19.0. The molecule has 1 N–H and O–H groups in total. The molecule has 1 aromatic carbocycles. The van der Waals surface area contributed by atoms with E-state index in [1.165, 1.54) is 22.7 Å². The minimum Gasteiger partial charge on any atom is -0.352 e. The van der Waals surface area contributed by atoms with E-state index in [9.17, 15) is 14.4 Å². The molecule has 0 unspecified atom stereocenters. The standard InChI is InChI=1S/C24H29N5O3/c1-15-5-7-17(8-6-15)13-29-10-9-18(14-29)12-25-22(30)19-11-16(2)26-21-20(19)23(31)28(4)24(32)27(21)3/h5-8,11,18H,9-10,12-14H2,1-4H3,(H,25,30)/t18-/m0/s1. The summed E-state index contributed by atoms with van der Waals surface area (Å²) in [6.07, 6.45) is 1.01. The monoisotopic (exact) mass is 435 g/mol. The molecule has 168 valence electrons. The SMILES string of the molecule is Cc1ccc(CN2CC[C@@H](CNC(=O)c3cc(C)nc4c3c(=O)n(C)c(=O)n4C)C2)cc1. The van der Waals surface area contributed by atoms with Crippen molar-refractivity contribution in [1.82, 2.24) is 24.3 Å². The Morgan fingerprint density at radius 3 is 2.56 bits per heavy atom. The first-order valence-corrected chi connectivity index (χ1v) is 10.9. The van der Waals surface area contributed by atoms with Crippen LogP contribution in [0.2, 0.25) is 0 Å². The van der Waals surface area contributed by atoms with Crippen molar-refractivity contribution in [3.05, 3.63) is 73.6 Å². The summed E-state index contributed by atoms with van der Waals surface area (Å²) in [7, 11) is 2.96. The molecule has 1 amide bonds. The summed E-state index contributed by atoms with van der Waals surface area (Å²) in [6.45, 7) is 7.19. The van der Waals surface area contributed by atoms with Crippen LogP contribution >= 0.6 is 0 Å². The molecule has 1 atom stereocenters. The maximum Gasteiger partial charge on any atom is 0.332 e. The summed E-state index contributed by atoms with van der Waals surface area (Å²) in [5.74, 6) is 0.0408. The van der Waals surface area contributed by atoms with E-state index in [1.807, 2.05) is 0 Å². The van der Waals surface area contributed by atoms with Gasteiger partial charge in [0.05, 0.1) is 10.9 Å². The highest BCUT2D eigenvalue weighted by atomic mass is 16.2. The highest BCUT2D eigenvalue weighted by molar-refractivity contribution is 6.05. The predicted molar refractivity (Wildman–Crippen MR) is 124 cm³/mol. The fraction of sp³-hybridized carbons (Fsp3) is 0.417. The Labute approximate surface area is 186 Å². The average molecular weight is 436 g/mol. The van der Waals surface area contributed by atoms with Gasteiger partial charge in [-0.15, -0.1) is 0 Å². The van der Waals surface area contributed by atoms with E-state index in [1.54, 1.807) is 20.0 Å². The summed E-state index contributed by atoms with van der Waals surface area (Å²) >= 11 is 0. The van der Waals surface area contributed by atoms with Crippen LogP contribution < -0.4 is 16.6 Å². The van der Waals surface area contributed by atoms with Crippen LogP contribution in [0.15, 0.2) is 39.9 Å². The van der Waals surface area contributed by atoms with Gasteiger partial charge in [0, 0.05) is 39.4 Å². The largest absolute Gasteiger partial charge is 0.352 e. The third-order valence-electron chi connectivity index (χ3n) is 6.23. The molecular weight excluding hydrogens is 406 g/mol. The molecular formula is C24H29N5O3. The van der Waals surface area contributed by atoms with Gasteiger partial charge in [-0.3, -0.25) is 23.6 Å². The fourth-order valence-electron chi connectivity index (χ4n) is 4.37. The normalized spacial score (nSPS) is 16.6. The van der Waals surface area contributed by atoms with Crippen molar-refractivity contribution in [2.75, 3.05) is 19.6 Å². The number of rotatable bonds is 5. The molecule has 3 heterocycles. The summed E-state index contributed by atoms with van der Waals surface area (Å²) in [5, 5.41) is 3.18. The Kier molecular flexibility index (Phi) is 5.97. The Hall–Kier alpha value is -3.26. The van der Waals surface area contributed by atoms with Gasteiger partial charge in [-0.2, -0.15) is 0 Å². The number of carbonyl (C=O) groups excluding carboxylic acids is 1. The zero-order valence-corrected chi connectivity index (χ0v) is 19.0. The van der Waals surface area contributed by atoms with Crippen LogP contribution in [-0.2, 0) is 20.6 Å². The molecule has 1 aliphatic heterocycles. The van der Waals surface area contributed by atoms with Crippen LogP contribution in [0, 0.1) is 19.8 Å². The third-order valence-corrected chi connectivity index (χ3v) is 6.23. The van der Waals surface area contributed by atoms with Crippen LogP contribution in [0.5, 0.6) is 0 Å². The Balaban J connectivity index is 1.47. The van der Waals surface area contributed by atoms with E-state index in [-0.39, 0.29) is 22.5 Å². The van der Waals surface area contributed by atoms with E-state index in [0.717, 1.165) is 30.6 Å². The van der Waals surface area contributed by atoms with Gasteiger partial charge in [-0.25, -0.2) is 9.78 Å². The lowest BCUT2D eigenvalue weighted by Crippen LogP contribution is -2.39. The predicted octanol–water partition coefficient (Wildman–Crippen LogP) is 1.50. The highest BCUT2D eigenvalue weighted by Crippen LogP contribution is 2.19. The number of likely N-dealkylation sites (tertiary alicyclic amines) is 1. The molecule has 0 saturated carbocycles. The number of hydrogen-bond acceptors (Lipinski definition) is 5. The molecule has 0 bridgehead atoms. The van der Waals surface area contributed by atoms with Gasteiger partial charge >= 0.3 is 5.69 Å². The van der Waals surface area contributed by atoms with Crippen LogP contribution in [0.3, 0.4) is 0 Å². The van der Waals surface area contributed by atoms with E-state index < -0.39 is 11.2 Å². The Morgan fingerprint density at radius 2 is 1.84 bits per heavy atom. The molecule has 4 rings (SSSR count). The van der Waals surface area contributed by atoms with Crippen molar-refractivity contribution >= 4 is 16.9 Å². The van der Waals surface area contributed by atoms with Gasteiger partial charge in [0.2, 0.25) is 0 Å². The summed E-state index contributed by atoms with van der Waals surface area (Å²) < 4.78 is 2.32. The molecule has 3 aromatic rings. The molecule has 1 fully saturated rings. The minimum atomic E-state index is -0.508. The van der Waals surface area contributed by atoms with Crippen LogP contribution in [0.25, 0.3) is 11.0 Å². The number of fused-ring (bicyclic) bond motifs is 1. The maximum atomic E-state index is 13.0. The van der Waals surface area contributed by atoms with Gasteiger partial charge in [0.15, 0.2) is 0 Å². The van der Waals surface area contributed by atoms with E-state index in [0.29, 0.717) is 18.2 Å². The van der Waals surface area contributed by atoms with Crippen molar-refractivity contribution in [3.63, 3.8) is 0 Å². The van der Waals surface area contributed by atoms with Crippen LogP contribution in [-0.4, -0.2) is 44.6 Å². The lowest BCUT2D eigenvalue weighted by atomic mass is 10.1. The van der Waals surface area contributed by atoms with Crippen molar-refractivity contribution in [2.45, 2.75) is 26.8 Å². The van der Waals surface area contributed by atoms with Crippen molar-refractivity contribution in [1.29, 1.82) is 0 Å². The Morgan fingerprint density at radius 1 is 1.12 bits per heavy atom. The van der Waals surface area contributed by atoms with Gasteiger partial charge in [-0.1, -0.05) is 29.8 Å². The Bertz CT molecular complexity index is 1290. The first kappa shape index (κ1) is 22.0. The van der Waals surface area contributed by atoms with E-state index in [2.05, 4.69) is 46.4 Å². The molecule has 0 aliphatic carbocycles. The number of carbonyl (C=O) groups is 1. The molecule has 8 nitrogen and oxygen atoms in total. The maximum absolute atomic E-state index is 13.0. The van der Waals surface area contributed by atoms with Gasteiger partial charge < -0.3 is 5.32 Å². The summed E-state index contributed by atoms with van der Waals surface area (Å²) in [6, 6.07) is 10.2. The molecule has 2 aromatic heterocycles. The van der Waals surface area contributed by atoms with Crippen molar-refractivity contribution in [3.8, 4) is 0 Å². The number of aromatic nitrogens is 3. The fourth-order valence-corrected chi connectivity index (χ4v) is 4.37.